The number of hydrogen-bond donors (Lipinski definition) is 1. The van der Waals surface area contributed by atoms with Gasteiger partial charge >= 0.3 is 0 Å². The molecule has 162 valence electrons. The van der Waals surface area contributed by atoms with E-state index in [0.717, 1.165) is 51.6 Å². The van der Waals surface area contributed by atoms with Crippen molar-refractivity contribution in [3.05, 3.63) is 59.5 Å². The minimum Gasteiger partial charge on any atom is -0.459 e. The quantitative estimate of drug-likeness (QED) is 0.379. The molecule has 0 radical (unpaired) electrons. The molecule has 2 aliphatic rings. The Kier molecular flexibility index (Phi) is 8.15. The Hall–Kier alpha value is -2.07. The number of furan rings is 1. The maximum Gasteiger partial charge on any atom is 0.289 e. The maximum absolute atomic E-state index is 12.4. The number of piperazine rings is 1. The van der Waals surface area contributed by atoms with Gasteiger partial charge in [-0.05, 0) is 29.7 Å². The molecule has 0 atom stereocenters. The molecule has 1 N–H and O–H groups in total. The van der Waals surface area contributed by atoms with Gasteiger partial charge in [-0.3, -0.25) is 14.7 Å². The summed E-state index contributed by atoms with van der Waals surface area (Å²) in [7, 11) is 1.82. The Morgan fingerprint density at radius 2 is 1.77 bits per heavy atom. The molecule has 1 amide bonds. The summed E-state index contributed by atoms with van der Waals surface area (Å²) in [5, 5.41) is 3.49. The largest absolute Gasteiger partial charge is 0.459 e. The number of hydrogen-bond acceptors (Lipinski definition) is 4. The second-order valence-corrected chi connectivity index (χ2v) is 7.53. The lowest BCUT2D eigenvalue weighted by Gasteiger charge is -2.36. The molecule has 0 aliphatic carbocycles. The number of rotatable bonds is 4. The third-order valence-corrected chi connectivity index (χ3v) is 5.73. The van der Waals surface area contributed by atoms with E-state index in [-0.39, 0.29) is 29.9 Å². The Morgan fingerprint density at radius 3 is 2.47 bits per heavy atom. The average molecular weight is 523 g/mol. The van der Waals surface area contributed by atoms with E-state index in [1.165, 1.54) is 17.4 Å². The Morgan fingerprint density at radius 1 is 1.03 bits per heavy atom. The molecule has 8 heteroatoms. The van der Waals surface area contributed by atoms with Crippen molar-refractivity contribution in [1.82, 2.24) is 20.0 Å². The van der Waals surface area contributed by atoms with Gasteiger partial charge in [-0.25, -0.2) is 0 Å². The average Bonchev–Trinajstić information content (AvgIpc) is 3.31. The number of nitrogens with one attached hydrogen (secondary N) is 1. The first-order valence-corrected chi connectivity index (χ1v) is 10.3. The van der Waals surface area contributed by atoms with Crippen LogP contribution < -0.4 is 5.32 Å². The predicted molar refractivity (Wildman–Crippen MR) is 128 cm³/mol. The lowest BCUT2D eigenvalue weighted by molar-refractivity contribution is 0.0657. The van der Waals surface area contributed by atoms with Crippen molar-refractivity contribution < 1.29 is 9.21 Å². The van der Waals surface area contributed by atoms with Crippen LogP contribution in [0.1, 0.15) is 21.7 Å². The van der Waals surface area contributed by atoms with E-state index >= 15 is 0 Å². The standard InChI is InChI=1S/C22H29N5O2.HI/c1-23-22(24-9-11-25-10-8-18-5-2-3-6-19(18)17-25)27-14-12-26(13-15-27)21(28)20-7-4-16-29-20;/h2-7,16H,8-15,17H2,1H3,(H,23,24);1H. The molecule has 7 nitrogen and oxygen atoms in total. The van der Waals surface area contributed by atoms with Crippen LogP contribution >= 0.6 is 24.0 Å². The van der Waals surface area contributed by atoms with Crippen LogP contribution in [0.15, 0.2) is 52.1 Å². The molecular weight excluding hydrogens is 493 g/mol. The van der Waals surface area contributed by atoms with Crippen molar-refractivity contribution in [3.8, 4) is 0 Å². The second-order valence-electron chi connectivity index (χ2n) is 7.53. The van der Waals surface area contributed by atoms with Gasteiger partial charge in [0.2, 0.25) is 0 Å². The van der Waals surface area contributed by atoms with E-state index in [1.807, 2.05) is 11.9 Å². The Bertz CT molecular complexity index is 847. The molecular formula is C22H30IN5O2. The highest BCUT2D eigenvalue weighted by atomic mass is 127. The van der Waals surface area contributed by atoms with Crippen LogP contribution in [0.5, 0.6) is 0 Å². The topological polar surface area (TPSA) is 64.3 Å². The van der Waals surface area contributed by atoms with E-state index in [2.05, 4.69) is 44.4 Å². The molecule has 0 spiro atoms. The van der Waals surface area contributed by atoms with E-state index < -0.39 is 0 Å². The van der Waals surface area contributed by atoms with Crippen LogP contribution in [0.25, 0.3) is 0 Å². The van der Waals surface area contributed by atoms with Crippen molar-refractivity contribution in [3.63, 3.8) is 0 Å². The number of fused-ring (bicyclic) bond motifs is 1. The monoisotopic (exact) mass is 523 g/mol. The number of guanidine groups is 1. The van der Waals surface area contributed by atoms with Crippen LogP contribution in [0.4, 0.5) is 0 Å². The smallest absolute Gasteiger partial charge is 0.289 e. The summed E-state index contributed by atoms with van der Waals surface area (Å²) in [5.74, 6) is 1.28. The highest BCUT2D eigenvalue weighted by molar-refractivity contribution is 14.0. The highest BCUT2D eigenvalue weighted by Gasteiger charge is 2.25. The highest BCUT2D eigenvalue weighted by Crippen LogP contribution is 2.17. The van der Waals surface area contributed by atoms with Gasteiger partial charge in [0.25, 0.3) is 5.91 Å². The van der Waals surface area contributed by atoms with E-state index in [0.29, 0.717) is 18.8 Å². The van der Waals surface area contributed by atoms with Crippen LogP contribution in [-0.2, 0) is 13.0 Å². The van der Waals surface area contributed by atoms with Crippen molar-refractivity contribution >= 4 is 35.8 Å². The first kappa shape index (κ1) is 22.6. The fourth-order valence-electron chi connectivity index (χ4n) is 4.08. The summed E-state index contributed by atoms with van der Waals surface area (Å²) in [6.07, 6.45) is 2.66. The molecule has 3 heterocycles. The van der Waals surface area contributed by atoms with Crippen molar-refractivity contribution in [2.24, 2.45) is 4.99 Å². The first-order valence-electron chi connectivity index (χ1n) is 10.3. The number of benzene rings is 1. The molecule has 0 bridgehead atoms. The van der Waals surface area contributed by atoms with Crippen molar-refractivity contribution in [2.75, 3.05) is 52.9 Å². The van der Waals surface area contributed by atoms with Gasteiger partial charge in [0.1, 0.15) is 0 Å². The summed E-state index contributed by atoms with van der Waals surface area (Å²) in [4.78, 5) is 23.4. The van der Waals surface area contributed by atoms with Gasteiger partial charge in [-0.2, -0.15) is 0 Å². The van der Waals surface area contributed by atoms with Gasteiger partial charge < -0.3 is 19.5 Å². The Balaban J connectivity index is 0.00000256. The van der Waals surface area contributed by atoms with E-state index in [1.54, 1.807) is 12.1 Å². The SMILES string of the molecule is CN=C(NCCN1CCc2ccccc2C1)N1CCN(C(=O)c2ccco2)CC1.I. The van der Waals surface area contributed by atoms with Gasteiger partial charge in [0.15, 0.2) is 11.7 Å². The third kappa shape index (κ3) is 5.34. The fraction of sp³-hybridized carbons (Fsp3) is 0.455. The molecule has 1 aromatic heterocycles. The lowest BCUT2D eigenvalue weighted by Crippen LogP contribution is -2.54. The van der Waals surface area contributed by atoms with Crippen LogP contribution in [0.2, 0.25) is 0 Å². The zero-order valence-corrected chi connectivity index (χ0v) is 19.7. The number of amides is 1. The number of aliphatic imine (C=N–C) groups is 1. The maximum atomic E-state index is 12.4. The minimum absolute atomic E-state index is 0. The van der Waals surface area contributed by atoms with Gasteiger partial charge in [-0.1, -0.05) is 24.3 Å². The first-order chi connectivity index (χ1) is 14.2. The molecule has 2 aliphatic heterocycles. The Labute approximate surface area is 195 Å². The summed E-state index contributed by atoms with van der Waals surface area (Å²) in [5.41, 5.74) is 2.93. The molecule has 4 rings (SSSR count). The zero-order valence-electron chi connectivity index (χ0n) is 17.4. The molecule has 1 saturated heterocycles. The third-order valence-electron chi connectivity index (χ3n) is 5.73. The molecule has 2 aromatic rings. The van der Waals surface area contributed by atoms with E-state index in [9.17, 15) is 4.79 Å². The fourth-order valence-corrected chi connectivity index (χ4v) is 4.08. The van der Waals surface area contributed by atoms with E-state index in [4.69, 9.17) is 4.42 Å². The molecule has 30 heavy (non-hydrogen) atoms. The van der Waals surface area contributed by atoms with Crippen molar-refractivity contribution in [1.29, 1.82) is 0 Å². The van der Waals surface area contributed by atoms with Crippen LogP contribution in [-0.4, -0.2) is 79.4 Å². The predicted octanol–water partition coefficient (Wildman–Crippen LogP) is 2.29. The lowest BCUT2D eigenvalue weighted by atomic mass is 10.00. The second kappa shape index (κ2) is 10.8. The van der Waals surface area contributed by atoms with Gasteiger partial charge in [0, 0.05) is 59.4 Å². The van der Waals surface area contributed by atoms with Crippen molar-refractivity contribution in [2.45, 2.75) is 13.0 Å². The van der Waals surface area contributed by atoms with Gasteiger partial charge in [0.05, 0.1) is 6.26 Å². The number of carbonyl (C=O) groups excluding carboxylic acids is 1. The number of nitrogens with zero attached hydrogens (tertiary/aromatic N) is 4. The summed E-state index contributed by atoms with van der Waals surface area (Å²) < 4.78 is 5.23. The molecule has 0 saturated carbocycles. The molecule has 1 aromatic carbocycles. The normalized spacial score (nSPS) is 17.3. The van der Waals surface area contributed by atoms with Crippen LogP contribution in [0.3, 0.4) is 0 Å². The summed E-state index contributed by atoms with van der Waals surface area (Å²) in [6, 6.07) is 12.2. The van der Waals surface area contributed by atoms with Gasteiger partial charge in [-0.15, -0.1) is 24.0 Å². The summed E-state index contributed by atoms with van der Waals surface area (Å²) >= 11 is 0. The minimum atomic E-state index is -0.0389. The number of carbonyl (C=O) groups is 1. The van der Waals surface area contributed by atoms with Crippen LogP contribution in [0, 0.1) is 0 Å². The molecule has 0 unspecified atom stereocenters. The zero-order chi connectivity index (χ0) is 20.1. The number of halogens is 1. The summed E-state index contributed by atoms with van der Waals surface area (Å²) in [6.45, 7) is 6.85. The molecule has 1 fully saturated rings.